The first-order valence-electron chi connectivity index (χ1n) is 9.36. The lowest BCUT2D eigenvalue weighted by Gasteiger charge is -2.35. The summed E-state index contributed by atoms with van der Waals surface area (Å²) in [7, 11) is 0. The van der Waals surface area contributed by atoms with Gasteiger partial charge in [0.25, 0.3) is 0 Å². The van der Waals surface area contributed by atoms with E-state index < -0.39 is 10.8 Å². The molecule has 0 radical (unpaired) electrons. The lowest BCUT2D eigenvalue weighted by atomic mass is 9.75. The predicted molar refractivity (Wildman–Crippen MR) is 109 cm³/mol. The lowest BCUT2D eigenvalue weighted by molar-refractivity contribution is -0.122. The molecule has 2 heterocycles. The number of carbonyl (C=O) groups is 1. The second kappa shape index (κ2) is 8.73. The molecule has 7 heteroatoms. The highest BCUT2D eigenvalue weighted by atomic mass is 32.2. The topological polar surface area (TPSA) is 99.8 Å². The molecular formula is C21H25NO5S. The highest BCUT2D eigenvalue weighted by Crippen LogP contribution is 2.43. The summed E-state index contributed by atoms with van der Waals surface area (Å²) < 4.78 is 5.75. The number of amides is 1. The van der Waals surface area contributed by atoms with Gasteiger partial charge in [-0.05, 0) is 55.4 Å². The van der Waals surface area contributed by atoms with Crippen molar-refractivity contribution in [2.45, 2.75) is 38.0 Å². The Hall–Kier alpha value is -2.41. The summed E-state index contributed by atoms with van der Waals surface area (Å²) in [6.07, 6.45) is 2.16. The molecule has 150 valence electrons. The fourth-order valence-electron chi connectivity index (χ4n) is 3.59. The molecule has 0 aliphatic carbocycles. The van der Waals surface area contributed by atoms with Crippen LogP contribution in [-0.4, -0.2) is 34.2 Å². The molecule has 28 heavy (non-hydrogen) atoms. The van der Waals surface area contributed by atoms with Gasteiger partial charge in [-0.1, -0.05) is 12.1 Å². The van der Waals surface area contributed by atoms with Crippen LogP contribution in [0.1, 0.15) is 36.3 Å². The van der Waals surface area contributed by atoms with Gasteiger partial charge in [0.2, 0.25) is 17.1 Å². The SMILES string of the molecule is Cc1cc(=O)c(O)c(C2(CC(=O)NCCc3ccc(O)cc3)CCSCC2)o1. The smallest absolute Gasteiger partial charge is 0.227 e. The number of aryl methyl sites for hydroxylation is 1. The molecule has 3 rings (SSSR count). The maximum absolute atomic E-state index is 12.7. The Kier molecular flexibility index (Phi) is 6.34. The minimum atomic E-state index is -0.664. The van der Waals surface area contributed by atoms with E-state index in [0.29, 0.717) is 31.6 Å². The van der Waals surface area contributed by atoms with Crippen molar-refractivity contribution < 1.29 is 19.4 Å². The van der Waals surface area contributed by atoms with Gasteiger partial charge in [-0.2, -0.15) is 11.8 Å². The molecule has 1 fully saturated rings. The summed E-state index contributed by atoms with van der Waals surface area (Å²) in [6.45, 7) is 2.14. The summed E-state index contributed by atoms with van der Waals surface area (Å²) in [6, 6.07) is 8.14. The fraction of sp³-hybridized carbons (Fsp3) is 0.429. The van der Waals surface area contributed by atoms with Crippen LogP contribution in [0.2, 0.25) is 0 Å². The number of carbonyl (C=O) groups excluding carboxylic acids is 1. The molecule has 1 aromatic carbocycles. The average Bonchev–Trinajstić information content (AvgIpc) is 2.67. The van der Waals surface area contributed by atoms with Crippen molar-refractivity contribution in [3.05, 3.63) is 57.6 Å². The van der Waals surface area contributed by atoms with E-state index in [2.05, 4.69) is 5.32 Å². The number of aromatic hydroxyl groups is 2. The van der Waals surface area contributed by atoms with Crippen LogP contribution >= 0.6 is 11.8 Å². The van der Waals surface area contributed by atoms with Gasteiger partial charge in [0.05, 0.1) is 0 Å². The number of thioether (sulfide) groups is 1. The highest BCUT2D eigenvalue weighted by Gasteiger charge is 2.41. The van der Waals surface area contributed by atoms with E-state index in [1.54, 1.807) is 30.8 Å². The molecule has 0 spiro atoms. The fourth-order valence-corrected chi connectivity index (χ4v) is 4.86. The minimum Gasteiger partial charge on any atom is -0.508 e. The van der Waals surface area contributed by atoms with Crippen molar-refractivity contribution >= 4 is 17.7 Å². The molecule has 0 atom stereocenters. The van der Waals surface area contributed by atoms with Crippen molar-refractivity contribution in [2.24, 2.45) is 0 Å². The van der Waals surface area contributed by atoms with Crippen LogP contribution in [0, 0.1) is 6.92 Å². The Morgan fingerprint density at radius 2 is 1.89 bits per heavy atom. The molecule has 1 aromatic heterocycles. The molecular weight excluding hydrogens is 378 g/mol. The van der Waals surface area contributed by atoms with Gasteiger partial charge in [0.15, 0.2) is 5.76 Å². The summed E-state index contributed by atoms with van der Waals surface area (Å²) in [5, 5.41) is 22.6. The number of hydrogen-bond acceptors (Lipinski definition) is 6. The van der Waals surface area contributed by atoms with Crippen LogP contribution < -0.4 is 10.7 Å². The zero-order chi connectivity index (χ0) is 20.1. The molecule has 1 aliphatic heterocycles. The first-order valence-corrected chi connectivity index (χ1v) is 10.5. The number of rotatable bonds is 6. The van der Waals surface area contributed by atoms with E-state index in [-0.39, 0.29) is 29.6 Å². The maximum Gasteiger partial charge on any atom is 0.227 e. The van der Waals surface area contributed by atoms with E-state index >= 15 is 0 Å². The van der Waals surface area contributed by atoms with E-state index in [1.165, 1.54) is 6.07 Å². The van der Waals surface area contributed by atoms with E-state index in [4.69, 9.17) is 4.42 Å². The number of nitrogens with one attached hydrogen (secondary N) is 1. The van der Waals surface area contributed by atoms with Crippen molar-refractivity contribution in [2.75, 3.05) is 18.1 Å². The molecule has 1 aliphatic rings. The Bertz CT molecular complexity index is 885. The van der Waals surface area contributed by atoms with Gasteiger partial charge in [-0.25, -0.2) is 0 Å². The number of phenolic OH excluding ortho intramolecular Hbond substituents is 1. The molecule has 0 saturated carbocycles. The summed E-state index contributed by atoms with van der Waals surface area (Å²) in [5.74, 6) is 2.07. The van der Waals surface area contributed by atoms with Crippen LogP contribution in [0.5, 0.6) is 11.5 Å². The first kappa shape index (κ1) is 20.3. The summed E-state index contributed by atoms with van der Waals surface area (Å²) >= 11 is 1.80. The molecule has 1 amide bonds. The Balaban J connectivity index is 1.71. The van der Waals surface area contributed by atoms with Crippen LogP contribution in [0.3, 0.4) is 0 Å². The first-order chi connectivity index (χ1) is 13.4. The van der Waals surface area contributed by atoms with Crippen molar-refractivity contribution in [1.82, 2.24) is 5.32 Å². The highest BCUT2D eigenvalue weighted by molar-refractivity contribution is 7.99. The van der Waals surface area contributed by atoms with Crippen LogP contribution in [-0.2, 0) is 16.6 Å². The second-order valence-electron chi connectivity index (χ2n) is 7.23. The Labute approximate surface area is 168 Å². The lowest BCUT2D eigenvalue weighted by Crippen LogP contribution is -2.39. The average molecular weight is 404 g/mol. The van der Waals surface area contributed by atoms with E-state index in [1.807, 2.05) is 12.1 Å². The predicted octanol–water partition coefficient (Wildman–Crippen LogP) is 2.87. The third kappa shape index (κ3) is 4.70. The van der Waals surface area contributed by atoms with E-state index in [0.717, 1.165) is 17.1 Å². The molecule has 0 bridgehead atoms. The quantitative estimate of drug-likeness (QED) is 0.686. The molecule has 1 saturated heterocycles. The summed E-state index contributed by atoms with van der Waals surface area (Å²) in [5.41, 5.74) is -0.114. The van der Waals surface area contributed by atoms with Gasteiger partial charge in [0.1, 0.15) is 11.5 Å². The molecule has 2 aromatic rings. The Morgan fingerprint density at radius 1 is 1.21 bits per heavy atom. The third-order valence-corrected chi connectivity index (χ3v) is 6.13. The zero-order valence-corrected chi connectivity index (χ0v) is 16.7. The summed E-state index contributed by atoms with van der Waals surface area (Å²) in [4.78, 5) is 24.7. The van der Waals surface area contributed by atoms with Gasteiger partial charge in [-0.15, -0.1) is 0 Å². The number of benzene rings is 1. The monoisotopic (exact) mass is 403 g/mol. The van der Waals surface area contributed by atoms with Gasteiger partial charge >= 0.3 is 0 Å². The largest absolute Gasteiger partial charge is 0.508 e. The maximum atomic E-state index is 12.7. The van der Waals surface area contributed by atoms with Crippen LogP contribution in [0.25, 0.3) is 0 Å². The minimum absolute atomic E-state index is 0.130. The van der Waals surface area contributed by atoms with Crippen molar-refractivity contribution in [1.29, 1.82) is 0 Å². The van der Waals surface area contributed by atoms with E-state index in [9.17, 15) is 19.8 Å². The third-order valence-electron chi connectivity index (χ3n) is 5.15. The van der Waals surface area contributed by atoms with Gasteiger partial charge in [0, 0.05) is 24.4 Å². The number of phenols is 1. The van der Waals surface area contributed by atoms with Crippen LogP contribution in [0.4, 0.5) is 0 Å². The van der Waals surface area contributed by atoms with Gasteiger partial charge < -0.3 is 19.9 Å². The molecule has 6 nitrogen and oxygen atoms in total. The van der Waals surface area contributed by atoms with Gasteiger partial charge in [-0.3, -0.25) is 9.59 Å². The van der Waals surface area contributed by atoms with Crippen molar-refractivity contribution in [3.8, 4) is 11.5 Å². The standard InChI is InChI=1S/C21H25NO5S/c1-14-12-17(24)19(26)20(27-14)21(7-10-28-11-8-21)13-18(25)22-9-6-15-2-4-16(23)5-3-15/h2-5,12,23,26H,6-11,13H2,1H3,(H,22,25). The van der Waals surface area contributed by atoms with Crippen molar-refractivity contribution in [3.63, 3.8) is 0 Å². The van der Waals surface area contributed by atoms with Crippen LogP contribution in [0.15, 0.2) is 39.5 Å². The zero-order valence-electron chi connectivity index (χ0n) is 15.9. The molecule has 0 unspecified atom stereocenters. The Morgan fingerprint density at radius 3 is 2.57 bits per heavy atom. The molecule has 3 N–H and O–H groups in total. The number of hydrogen-bond donors (Lipinski definition) is 3. The normalized spacial score (nSPS) is 15.9. The second-order valence-corrected chi connectivity index (χ2v) is 8.46.